The first-order chi connectivity index (χ1) is 8.99. The molecule has 2 atom stereocenters. The molecule has 0 amide bonds. The van der Waals surface area contributed by atoms with Gasteiger partial charge in [-0.05, 0) is 26.1 Å². The molecule has 1 aromatic carbocycles. The van der Waals surface area contributed by atoms with Crippen LogP contribution in [0.1, 0.15) is 17.3 Å². The van der Waals surface area contributed by atoms with Crippen molar-refractivity contribution in [1.29, 1.82) is 0 Å². The van der Waals surface area contributed by atoms with Crippen molar-refractivity contribution in [1.82, 2.24) is 9.80 Å². The number of benzene rings is 1. The van der Waals surface area contributed by atoms with Gasteiger partial charge in [0.1, 0.15) is 0 Å². The van der Waals surface area contributed by atoms with Gasteiger partial charge < -0.3 is 4.90 Å². The minimum atomic E-state index is 0.194. The first-order valence-electron chi connectivity index (χ1n) is 6.65. The molecule has 0 radical (unpaired) electrons. The van der Waals surface area contributed by atoms with E-state index in [2.05, 4.69) is 46.7 Å². The van der Waals surface area contributed by atoms with Gasteiger partial charge >= 0.3 is 0 Å². The lowest BCUT2D eigenvalue weighted by molar-refractivity contribution is 0.0940. The van der Waals surface area contributed by atoms with Crippen LogP contribution < -0.4 is 0 Å². The topological polar surface area (TPSA) is 23.6 Å². The molecule has 0 saturated carbocycles. The Morgan fingerprint density at radius 1 is 1.37 bits per heavy atom. The molecular weight excluding hydrogens is 304 g/mol. The highest BCUT2D eigenvalue weighted by atomic mass is 79.9. The van der Waals surface area contributed by atoms with Crippen LogP contribution in [0.2, 0.25) is 0 Å². The van der Waals surface area contributed by atoms with Crippen molar-refractivity contribution in [2.75, 3.05) is 33.7 Å². The van der Waals surface area contributed by atoms with Crippen molar-refractivity contribution in [2.24, 2.45) is 5.92 Å². The van der Waals surface area contributed by atoms with E-state index in [1.807, 2.05) is 24.3 Å². The fraction of sp³-hybridized carbons (Fsp3) is 0.533. The predicted octanol–water partition coefficient (Wildman–Crippen LogP) is 2.51. The maximum Gasteiger partial charge on any atom is 0.177 e. The molecule has 1 aliphatic rings. The van der Waals surface area contributed by atoms with Crippen molar-refractivity contribution in [2.45, 2.75) is 13.0 Å². The highest BCUT2D eigenvalue weighted by molar-refractivity contribution is 9.10. The van der Waals surface area contributed by atoms with Crippen molar-refractivity contribution in [3.63, 3.8) is 0 Å². The zero-order chi connectivity index (χ0) is 14.0. The summed E-state index contributed by atoms with van der Waals surface area (Å²) in [7, 11) is 4.22. The summed E-state index contributed by atoms with van der Waals surface area (Å²) < 4.78 is 0.886. The van der Waals surface area contributed by atoms with Crippen LogP contribution in [0.3, 0.4) is 0 Å². The second kappa shape index (κ2) is 6.16. The second-order valence-corrected chi connectivity index (χ2v) is 6.46. The Morgan fingerprint density at radius 3 is 2.63 bits per heavy atom. The average molecular weight is 325 g/mol. The molecule has 2 rings (SSSR count). The van der Waals surface area contributed by atoms with E-state index in [9.17, 15) is 4.79 Å². The van der Waals surface area contributed by atoms with Crippen LogP contribution in [0.5, 0.6) is 0 Å². The molecule has 0 aromatic heterocycles. The van der Waals surface area contributed by atoms with E-state index in [1.54, 1.807) is 0 Å². The number of hydrogen-bond donors (Lipinski definition) is 0. The van der Waals surface area contributed by atoms with E-state index < -0.39 is 0 Å². The van der Waals surface area contributed by atoms with Crippen LogP contribution in [0.15, 0.2) is 28.7 Å². The summed E-state index contributed by atoms with van der Waals surface area (Å²) in [5.74, 6) is 0.807. The SMILES string of the molecule is CC1CN(CC(=O)c2ccccc2Br)CC1N(C)C. The largest absolute Gasteiger partial charge is 0.305 e. The van der Waals surface area contributed by atoms with Gasteiger partial charge in [0.25, 0.3) is 0 Å². The third kappa shape index (κ3) is 3.44. The van der Waals surface area contributed by atoms with Gasteiger partial charge in [0, 0.05) is 29.2 Å². The van der Waals surface area contributed by atoms with Crippen molar-refractivity contribution >= 4 is 21.7 Å². The molecule has 2 unspecified atom stereocenters. The first kappa shape index (κ1) is 14.7. The smallest absolute Gasteiger partial charge is 0.177 e. The summed E-state index contributed by atoms with van der Waals surface area (Å²) in [5, 5.41) is 0. The number of halogens is 1. The molecule has 0 bridgehead atoms. The second-order valence-electron chi connectivity index (χ2n) is 5.61. The first-order valence-corrected chi connectivity index (χ1v) is 7.45. The molecule has 1 fully saturated rings. The monoisotopic (exact) mass is 324 g/mol. The summed E-state index contributed by atoms with van der Waals surface area (Å²) in [4.78, 5) is 16.8. The third-order valence-electron chi connectivity index (χ3n) is 3.85. The van der Waals surface area contributed by atoms with Gasteiger partial charge in [0.2, 0.25) is 0 Å². The fourth-order valence-corrected chi connectivity index (χ4v) is 3.33. The van der Waals surface area contributed by atoms with Gasteiger partial charge in [-0.2, -0.15) is 0 Å². The standard InChI is InChI=1S/C15H21BrN2O/c1-11-8-18(9-14(11)17(2)3)10-15(19)12-6-4-5-7-13(12)16/h4-7,11,14H,8-10H2,1-3H3. The highest BCUT2D eigenvalue weighted by Crippen LogP contribution is 2.22. The fourth-order valence-electron chi connectivity index (χ4n) is 2.82. The summed E-state index contributed by atoms with van der Waals surface area (Å²) in [6.45, 7) is 4.74. The molecule has 4 heteroatoms. The quantitative estimate of drug-likeness (QED) is 0.795. The Kier molecular flexibility index (Phi) is 4.76. The summed E-state index contributed by atoms with van der Waals surface area (Å²) in [5.41, 5.74) is 0.781. The maximum atomic E-state index is 12.3. The van der Waals surface area contributed by atoms with Crippen molar-refractivity contribution < 1.29 is 4.79 Å². The van der Waals surface area contributed by atoms with E-state index in [0.29, 0.717) is 18.5 Å². The van der Waals surface area contributed by atoms with E-state index in [-0.39, 0.29) is 5.78 Å². The Labute approximate surface area is 123 Å². The molecule has 19 heavy (non-hydrogen) atoms. The van der Waals surface area contributed by atoms with Gasteiger partial charge in [0.15, 0.2) is 5.78 Å². The summed E-state index contributed by atoms with van der Waals surface area (Å²) >= 11 is 3.45. The molecule has 1 heterocycles. The van der Waals surface area contributed by atoms with E-state index in [4.69, 9.17) is 0 Å². The van der Waals surface area contributed by atoms with E-state index in [0.717, 1.165) is 23.1 Å². The zero-order valence-corrected chi connectivity index (χ0v) is 13.4. The van der Waals surface area contributed by atoms with Gasteiger partial charge in [-0.3, -0.25) is 9.69 Å². The van der Waals surface area contributed by atoms with Crippen LogP contribution in [0, 0.1) is 5.92 Å². The number of carbonyl (C=O) groups excluding carboxylic acids is 1. The Bertz CT molecular complexity index is 461. The normalized spacial score (nSPS) is 24.1. The Hall–Kier alpha value is -0.710. The van der Waals surface area contributed by atoms with E-state index in [1.165, 1.54) is 0 Å². The Morgan fingerprint density at radius 2 is 2.05 bits per heavy atom. The van der Waals surface area contributed by atoms with Crippen molar-refractivity contribution in [3.05, 3.63) is 34.3 Å². The number of carbonyl (C=O) groups is 1. The molecule has 1 aliphatic heterocycles. The molecule has 1 aromatic rings. The van der Waals surface area contributed by atoms with Crippen LogP contribution in [0.25, 0.3) is 0 Å². The van der Waals surface area contributed by atoms with Gasteiger partial charge in [-0.1, -0.05) is 41.1 Å². The number of ketones is 1. The lowest BCUT2D eigenvalue weighted by atomic mass is 10.1. The van der Waals surface area contributed by atoms with Gasteiger partial charge in [-0.25, -0.2) is 0 Å². The van der Waals surface area contributed by atoms with Gasteiger partial charge in [-0.15, -0.1) is 0 Å². The van der Waals surface area contributed by atoms with Crippen molar-refractivity contribution in [3.8, 4) is 0 Å². The number of likely N-dealkylation sites (tertiary alicyclic amines) is 1. The third-order valence-corrected chi connectivity index (χ3v) is 4.54. The molecule has 3 nitrogen and oxygen atoms in total. The summed E-state index contributed by atoms with van der Waals surface area (Å²) in [6, 6.07) is 8.19. The van der Waals surface area contributed by atoms with Crippen LogP contribution in [0.4, 0.5) is 0 Å². The van der Waals surface area contributed by atoms with Crippen LogP contribution in [-0.2, 0) is 0 Å². The number of likely N-dealkylation sites (N-methyl/N-ethyl adjacent to an activating group) is 1. The lowest BCUT2D eigenvalue weighted by Gasteiger charge is -2.22. The molecule has 0 aliphatic carbocycles. The Balaban J connectivity index is 2.00. The zero-order valence-electron chi connectivity index (χ0n) is 11.8. The average Bonchev–Trinajstić information content (AvgIpc) is 2.70. The molecular formula is C15H21BrN2O. The highest BCUT2D eigenvalue weighted by Gasteiger charge is 2.31. The molecule has 0 N–H and O–H groups in total. The molecule has 0 spiro atoms. The maximum absolute atomic E-state index is 12.3. The number of Topliss-reactive ketones (excluding diaryl/α,β-unsaturated/α-hetero) is 1. The predicted molar refractivity (Wildman–Crippen MR) is 81.6 cm³/mol. The molecule has 1 saturated heterocycles. The van der Waals surface area contributed by atoms with E-state index >= 15 is 0 Å². The number of rotatable bonds is 4. The number of nitrogens with zero attached hydrogens (tertiary/aromatic N) is 2. The van der Waals surface area contributed by atoms with Gasteiger partial charge in [0.05, 0.1) is 6.54 Å². The minimum Gasteiger partial charge on any atom is -0.305 e. The number of hydrogen-bond acceptors (Lipinski definition) is 3. The summed E-state index contributed by atoms with van der Waals surface area (Å²) in [6.07, 6.45) is 0. The molecule has 104 valence electrons. The van der Waals surface area contributed by atoms with Crippen LogP contribution in [-0.4, -0.2) is 55.4 Å². The lowest BCUT2D eigenvalue weighted by Crippen LogP contribution is -2.35. The minimum absolute atomic E-state index is 0.194. The van der Waals surface area contributed by atoms with Crippen LogP contribution >= 0.6 is 15.9 Å².